The van der Waals surface area contributed by atoms with E-state index in [9.17, 15) is 14.0 Å². The predicted molar refractivity (Wildman–Crippen MR) is 95.8 cm³/mol. The van der Waals surface area contributed by atoms with Crippen molar-refractivity contribution >= 4 is 34.4 Å². The largest absolute Gasteiger partial charge is 0.331 e. The molecule has 2 N–H and O–H groups in total. The predicted octanol–water partition coefficient (Wildman–Crippen LogP) is 2.30. The number of nitrogens with zero attached hydrogens (tertiary/aromatic N) is 2. The molecule has 0 spiro atoms. The summed E-state index contributed by atoms with van der Waals surface area (Å²) in [6.45, 7) is 0. The summed E-state index contributed by atoms with van der Waals surface area (Å²) < 4.78 is 15.5. The topological polar surface area (TPSA) is 76.0 Å². The number of hydrogen-bond donors (Lipinski definition) is 2. The minimum atomic E-state index is -0.574. The van der Waals surface area contributed by atoms with Crippen LogP contribution in [0.4, 0.5) is 4.39 Å². The van der Waals surface area contributed by atoms with Crippen LogP contribution in [0.2, 0.25) is 5.02 Å². The Hall–Kier alpha value is -2.93. The molecule has 0 aliphatic carbocycles. The molecule has 0 atom stereocenters. The first-order valence-electron chi connectivity index (χ1n) is 7.86. The molecule has 2 aromatic carbocycles. The first-order chi connectivity index (χ1) is 12.5. The van der Waals surface area contributed by atoms with Crippen LogP contribution in [-0.4, -0.2) is 21.4 Å². The Morgan fingerprint density at radius 2 is 1.77 bits per heavy atom. The fourth-order valence-corrected chi connectivity index (χ4v) is 2.82. The minimum Gasteiger partial charge on any atom is -0.331 e. The van der Waals surface area contributed by atoms with Gasteiger partial charge in [-0.3, -0.25) is 20.4 Å². The molecule has 1 heterocycles. The first-order valence-corrected chi connectivity index (χ1v) is 8.24. The molecule has 1 aromatic heterocycles. The lowest BCUT2D eigenvalue weighted by Gasteiger charge is -2.09. The minimum absolute atomic E-state index is 0.00802. The summed E-state index contributed by atoms with van der Waals surface area (Å²) in [7, 11) is 1.82. The molecule has 26 heavy (non-hydrogen) atoms. The fourth-order valence-electron chi connectivity index (χ4n) is 2.59. The molecule has 0 radical (unpaired) electrons. The van der Waals surface area contributed by atoms with Gasteiger partial charge in [0.25, 0.3) is 0 Å². The molecule has 0 aliphatic rings. The third-order valence-electron chi connectivity index (χ3n) is 3.94. The van der Waals surface area contributed by atoms with Crippen LogP contribution in [0.5, 0.6) is 0 Å². The smallest absolute Gasteiger partial charge is 0.245 e. The molecule has 0 saturated heterocycles. The number of carbonyl (C=O) groups excluding carboxylic acids is 2. The standard InChI is InChI=1S/C18H16ClFN4O2/c1-24-15-8-3-2-7-14(15)21-16(24)10-18(26)23-22-17(25)9-11-12(19)5-4-6-13(11)20/h2-8H,9-10H2,1H3,(H,22,25)(H,23,26). The van der Waals surface area contributed by atoms with Gasteiger partial charge in [0.1, 0.15) is 11.6 Å². The summed E-state index contributed by atoms with van der Waals surface area (Å²) >= 11 is 5.88. The van der Waals surface area contributed by atoms with Gasteiger partial charge in [0.05, 0.1) is 23.9 Å². The average molecular weight is 375 g/mol. The van der Waals surface area contributed by atoms with E-state index in [1.165, 1.54) is 18.2 Å². The van der Waals surface area contributed by atoms with Crippen LogP contribution < -0.4 is 10.9 Å². The Kier molecular flexibility index (Phi) is 5.18. The van der Waals surface area contributed by atoms with Crippen LogP contribution in [0.3, 0.4) is 0 Å². The highest BCUT2D eigenvalue weighted by Gasteiger charge is 2.14. The molecule has 8 heteroatoms. The zero-order chi connectivity index (χ0) is 18.7. The number of imidazole rings is 1. The zero-order valence-electron chi connectivity index (χ0n) is 13.9. The molecule has 3 aromatic rings. The third kappa shape index (κ3) is 3.83. The Morgan fingerprint density at radius 3 is 2.46 bits per heavy atom. The van der Waals surface area contributed by atoms with Crippen molar-refractivity contribution in [2.24, 2.45) is 7.05 Å². The number of hydrogen-bond acceptors (Lipinski definition) is 3. The maximum atomic E-state index is 13.7. The number of benzene rings is 2. The summed E-state index contributed by atoms with van der Waals surface area (Å²) in [6, 6.07) is 11.7. The summed E-state index contributed by atoms with van der Waals surface area (Å²) in [6.07, 6.45) is -0.288. The highest BCUT2D eigenvalue weighted by molar-refractivity contribution is 6.31. The Morgan fingerprint density at radius 1 is 1.08 bits per heavy atom. The van der Waals surface area contributed by atoms with Gasteiger partial charge in [-0.25, -0.2) is 9.37 Å². The van der Waals surface area contributed by atoms with E-state index in [1.807, 2.05) is 35.9 Å². The summed E-state index contributed by atoms with van der Waals surface area (Å²) in [5, 5.41) is 0.158. The molecule has 2 amide bonds. The van der Waals surface area contributed by atoms with Gasteiger partial charge < -0.3 is 4.57 Å². The second-order valence-electron chi connectivity index (χ2n) is 5.73. The normalized spacial score (nSPS) is 10.7. The van der Waals surface area contributed by atoms with Gasteiger partial charge in [0.15, 0.2) is 0 Å². The molecule has 0 saturated carbocycles. The molecule has 0 unspecified atom stereocenters. The molecule has 134 valence electrons. The first kappa shape index (κ1) is 17.9. The zero-order valence-corrected chi connectivity index (χ0v) is 14.7. The van der Waals surface area contributed by atoms with Crippen molar-refractivity contribution in [3.63, 3.8) is 0 Å². The van der Waals surface area contributed by atoms with Crippen molar-refractivity contribution in [3.8, 4) is 0 Å². The molecule has 0 aliphatic heterocycles. The van der Waals surface area contributed by atoms with E-state index in [0.29, 0.717) is 5.82 Å². The Labute approximate surface area is 153 Å². The van der Waals surface area contributed by atoms with Crippen LogP contribution in [0.15, 0.2) is 42.5 Å². The highest BCUT2D eigenvalue weighted by Crippen LogP contribution is 2.19. The van der Waals surface area contributed by atoms with Crippen molar-refractivity contribution in [2.45, 2.75) is 12.8 Å². The van der Waals surface area contributed by atoms with E-state index in [2.05, 4.69) is 15.8 Å². The maximum absolute atomic E-state index is 13.7. The molecular formula is C18H16ClFN4O2. The fraction of sp³-hybridized carbons (Fsp3) is 0.167. The molecule has 3 rings (SSSR count). The number of amides is 2. The number of aryl methyl sites for hydroxylation is 1. The Balaban J connectivity index is 1.58. The van der Waals surface area contributed by atoms with Gasteiger partial charge in [0, 0.05) is 17.6 Å². The van der Waals surface area contributed by atoms with E-state index in [1.54, 1.807) is 0 Å². The lowest BCUT2D eigenvalue weighted by atomic mass is 10.1. The monoisotopic (exact) mass is 374 g/mol. The number of fused-ring (bicyclic) bond motifs is 1. The van der Waals surface area contributed by atoms with Crippen LogP contribution in [-0.2, 0) is 29.5 Å². The summed E-state index contributed by atoms with van der Waals surface area (Å²) in [5.41, 5.74) is 6.34. The van der Waals surface area contributed by atoms with Gasteiger partial charge in [0.2, 0.25) is 11.8 Å². The lowest BCUT2D eigenvalue weighted by molar-refractivity contribution is -0.128. The number of nitrogens with one attached hydrogen (secondary N) is 2. The SMILES string of the molecule is Cn1c(CC(=O)NNC(=O)Cc2c(F)cccc2Cl)nc2ccccc21. The van der Waals surface area contributed by atoms with Crippen LogP contribution >= 0.6 is 11.6 Å². The summed E-state index contributed by atoms with van der Waals surface area (Å²) in [4.78, 5) is 28.4. The van der Waals surface area contributed by atoms with Crippen molar-refractivity contribution in [2.75, 3.05) is 0 Å². The maximum Gasteiger partial charge on any atom is 0.245 e. The van der Waals surface area contributed by atoms with E-state index in [4.69, 9.17) is 11.6 Å². The van der Waals surface area contributed by atoms with Crippen LogP contribution in [0.1, 0.15) is 11.4 Å². The highest BCUT2D eigenvalue weighted by atomic mass is 35.5. The number of carbonyl (C=O) groups is 2. The van der Waals surface area contributed by atoms with Crippen molar-refractivity contribution < 1.29 is 14.0 Å². The number of rotatable bonds is 4. The second kappa shape index (κ2) is 7.53. The van der Waals surface area contributed by atoms with Crippen LogP contribution in [0, 0.1) is 5.82 Å². The van der Waals surface area contributed by atoms with Crippen LogP contribution in [0.25, 0.3) is 11.0 Å². The number of hydrazine groups is 1. The van der Waals surface area contributed by atoms with E-state index >= 15 is 0 Å². The van der Waals surface area contributed by atoms with Crippen molar-refractivity contribution in [1.29, 1.82) is 0 Å². The van der Waals surface area contributed by atoms with Gasteiger partial charge in [-0.1, -0.05) is 29.8 Å². The second-order valence-corrected chi connectivity index (χ2v) is 6.13. The molecule has 0 bridgehead atoms. The van der Waals surface area contributed by atoms with Gasteiger partial charge in [-0.05, 0) is 24.3 Å². The number of halogens is 2. The third-order valence-corrected chi connectivity index (χ3v) is 4.29. The quantitative estimate of drug-likeness (QED) is 0.688. The van der Waals surface area contributed by atoms with E-state index in [0.717, 1.165) is 11.0 Å². The average Bonchev–Trinajstić information content (AvgIpc) is 2.93. The lowest BCUT2D eigenvalue weighted by Crippen LogP contribution is -2.43. The molecule has 6 nitrogen and oxygen atoms in total. The van der Waals surface area contributed by atoms with E-state index in [-0.39, 0.29) is 23.4 Å². The summed E-state index contributed by atoms with van der Waals surface area (Å²) in [5.74, 6) is -1.01. The van der Waals surface area contributed by atoms with E-state index < -0.39 is 17.6 Å². The van der Waals surface area contributed by atoms with Crippen molar-refractivity contribution in [1.82, 2.24) is 20.4 Å². The van der Waals surface area contributed by atoms with Gasteiger partial charge in [-0.15, -0.1) is 0 Å². The molecule has 0 fully saturated rings. The molecular weight excluding hydrogens is 359 g/mol. The Bertz CT molecular complexity index is 966. The van der Waals surface area contributed by atoms with Gasteiger partial charge >= 0.3 is 0 Å². The van der Waals surface area contributed by atoms with Crippen molar-refractivity contribution in [3.05, 3.63) is 64.7 Å². The number of aromatic nitrogens is 2. The van der Waals surface area contributed by atoms with Gasteiger partial charge in [-0.2, -0.15) is 0 Å². The number of para-hydroxylation sites is 2.